The lowest BCUT2D eigenvalue weighted by Gasteiger charge is -2.28. The van der Waals surface area contributed by atoms with Crippen molar-refractivity contribution < 1.29 is 17.9 Å². The van der Waals surface area contributed by atoms with Crippen LogP contribution in [0.3, 0.4) is 0 Å². The molecule has 1 fully saturated rings. The number of aromatic nitrogens is 2. The molecule has 5 rings (SSSR count). The molecule has 2 aromatic heterocycles. The molecule has 5 nitrogen and oxygen atoms in total. The number of hydrogen-bond acceptors (Lipinski definition) is 3. The molecule has 9 heteroatoms. The molecule has 2 unspecified atom stereocenters. The minimum Gasteiger partial charge on any atom is -0.494 e. The summed E-state index contributed by atoms with van der Waals surface area (Å²) in [6.07, 6.45) is -2.76. The predicted octanol–water partition coefficient (Wildman–Crippen LogP) is 7.08. The topological polar surface area (TPSA) is 42.3 Å². The van der Waals surface area contributed by atoms with E-state index in [4.69, 9.17) is 17.0 Å². The van der Waals surface area contributed by atoms with E-state index in [1.165, 1.54) is 12.1 Å². The summed E-state index contributed by atoms with van der Waals surface area (Å²) in [5.41, 5.74) is 3.29. The average molecular weight is 537 g/mol. The lowest BCUT2D eigenvalue weighted by molar-refractivity contribution is -0.137. The van der Waals surface area contributed by atoms with E-state index in [0.717, 1.165) is 28.8 Å². The molecule has 0 aliphatic carbocycles. The maximum atomic E-state index is 13.9. The fraction of sp³-hybridized carbons (Fsp3) is 0.241. The van der Waals surface area contributed by atoms with Crippen LogP contribution in [0.25, 0.3) is 5.69 Å². The number of anilines is 1. The summed E-state index contributed by atoms with van der Waals surface area (Å²) >= 11 is 5.81. The third-order valence-corrected chi connectivity index (χ3v) is 7.08. The first-order valence-corrected chi connectivity index (χ1v) is 12.7. The fourth-order valence-corrected chi connectivity index (χ4v) is 5.53. The Morgan fingerprint density at radius 3 is 2.37 bits per heavy atom. The number of nitrogens with zero attached hydrogens (tertiary/aromatic N) is 3. The number of nitrogens with one attached hydrogen (secondary N) is 1. The van der Waals surface area contributed by atoms with Crippen molar-refractivity contribution in [1.29, 1.82) is 0 Å². The molecule has 1 aliphatic rings. The highest BCUT2D eigenvalue weighted by Crippen LogP contribution is 2.44. The summed E-state index contributed by atoms with van der Waals surface area (Å²) in [5, 5.41) is 3.92. The van der Waals surface area contributed by atoms with E-state index >= 15 is 0 Å². The van der Waals surface area contributed by atoms with Gasteiger partial charge in [0, 0.05) is 23.3 Å². The first kappa shape index (κ1) is 25.8. The molecule has 38 heavy (non-hydrogen) atoms. The van der Waals surface area contributed by atoms with Crippen LogP contribution in [0, 0.1) is 13.8 Å². The Labute approximate surface area is 224 Å². The van der Waals surface area contributed by atoms with Gasteiger partial charge >= 0.3 is 6.18 Å². The molecular formula is C29H27F3N4OS. The van der Waals surface area contributed by atoms with Crippen LogP contribution in [-0.4, -0.2) is 21.3 Å². The van der Waals surface area contributed by atoms with Gasteiger partial charge in [0.15, 0.2) is 5.11 Å². The lowest BCUT2D eigenvalue weighted by atomic mass is 9.96. The average Bonchev–Trinajstić information content (AvgIpc) is 3.39. The van der Waals surface area contributed by atoms with E-state index < -0.39 is 11.7 Å². The Hall–Kier alpha value is -3.85. The van der Waals surface area contributed by atoms with E-state index in [1.807, 2.05) is 74.2 Å². The predicted molar refractivity (Wildman–Crippen MR) is 146 cm³/mol. The highest BCUT2D eigenvalue weighted by atomic mass is 32.1. The van der Waals surface area contributed by atoms with Gasteiger partial charge in [-0.1, -0.05) is 18.2 Å². The third-order valence-electron chi connectivity index (χ3n) is 6.76. The van der Waals surface area contributed by atoms with E-state index in [9.17, 15) is 13.2 Å². The van der Waals surface area contributed by atoms with Gasteiger partial charge in [-0.3, -0.25) is 4.98 Å². The monoisotopic (exact) mass is 536 g/mol. The molecule has 3 heterocycles. The van der Waals surface area contributed by atoms with Crippen LogP contribution in [0.5, 0.6) is 5.75 Å². The molecule has 1 N–H and O–H groups in total. The number of hydrogen-bond donors (Lipinski definition) is 1. The molecule has 0 radical (unpaired) electrons. The third kappa shape index (κ3) is 4.62. The van der Waals surface area contributed by atoms with Gasteiger partial charge in [0.25, 0.3) is 0 Å². The molecule has 196 valence electrons. The Kier molecular flexibility index (Phi) is 6.88. The molecule has 0 bridgehead atoms. The first-order valence-electron chi connectivity index (χ1n) is 12.3. The molecule has 0 saturated carbocycles. The van der Waals surface area contributed by atoms with Gasteiger partial charge in [0.05, 0.1) is 35.6 Å². The number of aryl methyl sites for hydroxylation is 1. The zero-order valence-corrected chi connectivity index (χ0v) is 22.0. The molecule has 0 spiro atoms. The van der Waals surface area contributed by atoms with Gasteiger partial charge in [-0.25, -0.2) is 0 Å². The van der Waals surface area contributed by atoms with E-state index in [2.05, 4.69) is 10.3 Å². The minimum atomic E-state index is -4.48. The standard InChI is InChI=1S/C29H27F3N4OS/c1-4-37-21-14-12-20(13-15-21)36-27(26(34-28(36)38)24-10-7-8-16-33-24)22-17-18(2)35(19(22)3)25-11-6-5-9-23(25)29(30,31)32/h5-17,26-27H,4H2,1-3H3,(H,34,38). The zero-order valence-electron chi connectivity index (χ0n) is 21.2. The number of thiocarbonyl (C=S) groups is 1. The summed E-state index contributed by atoms with van der Waals surface area (Å²) in [7, 11) is 0. The number of para-hydroxylation sites is 1. The van der Waals surface area contributed by atoms with Gasteiger partial charge in [-0.15, -0.1) is 0 Å². The smallest absolute Gasteiger partial charge is 0.418 e. The van der Waals surface area contributed by atoms with Gasteiger partial charge in [-0.05, 0) is 93.1 Å². The number of ether oxygens (including phenoxy) is 1. The Bertz CT molecular complexity index is 1450. The number of halogens is 3. The second-order valence-electron chi connectivity index (χ2n) is 9.10. The number of benzene rings is 2. The summed E-state index contributed by atoms with van der Waals surface area (Å²) in [4.78, 5) is 6.58. The van der Waals surface area contributed by atoms with Crippen LogP contribution < -0.4 is 15.0 Å². The first-order chi connectivity index (χ1) is 18.2. The second-order valence-corrected chi connectivity index (χ2v) is 9.49. The maximum absolute atomic E-state index is 13.9. The number of alkyl halides is 3. The second kappa shape index (κ2) is 10.1. The fourth-order valence-electron chi connectivity index (χ4n) is 5.18. The van der Waals surface area contributed by atoms with Crippen LogP contribution in [0.15, 0.2) is 79.0 Å². The van der Waals surface area contributed by atoms with E-state index in [0.29, 0.717) is 23.1 Å². The van der Waals surface area contributed by atoms with Crippen molar-refractivity contribution in [1.82, 2.24) is 14.9 Å². The number of rotatable bonds is 6. The Morgan fingerprint density at radius 2 is 1.71 bits per heavy atom. The Balaban J connectivity index is 1.67. The van der Waals surface area contributed by atoms with E-state index in [1.54, 1.807) is 16.8 Å². The minimum absolute atomic E-state index is 0.0942. The van der Waals surface area contributed by atoms with Crippen molar-refractivity contribution in [3.63, 3.8) is 0 Å². The summed E-state index contributed by atoms with van der Waals surface area (Å²) in [6.45, 7) is 6.15. The van der Waals surface area contributed by atoms with Crippen LogP contribution in [0.1, 0.15) is 47.2 Å². The molecule has 4 aromatic rings. The number of pyridine rings is 1. The molecule has 0 amide bonds. The van der Waals surface area contributed by atoms with Crippen LogP contribution in [-0.2, 0) is 6.18 Å². The highest BCUT2D eigenvalue weighted by Gasteiger charge is 2.43. The van der Waals surface area contributed by atoms with Crippen molar-refractivity contribution in [2.24, 2.45) is 0 Å². The highest BCUT2D eigenvalue weighted by molar-refractivity contribution is 7.80. The lowest BCUT2D eigenvalue weighted by Crippen LogP contribution is -2.29. The van der Waals surface area contributed by atoms with Gasteiger partial charge in [0.1, 0.15) is 5.75 Å². The quantitative estimate of drug-likeness (QED) is 0.267. The Morgan fingerprint density at radius 1 is 1.00 bits per heavy atom. The van der Waals surface area contributed by atoms with E-state index in [-0.39, 0.29) is 17.8 Å². The largest absolute Gasteiger partial charge is 0.494 e. The van der Waals surface area contributed by atoms with Crippen molar-refractivity contribution in [3.8, 4) is 11.4 Å². The van der Waals surface area contributed by atoms with Crippen LogP contribution in [0.4, 0.5) is 18.9 Å². The van der Waals surface area contributed by atoms with Crippen molar-refractivity contribution in [2.75, 3.05) is 11.5 Å². The van der Waals surface area contributed by atoms with Crippen LogP contribution >= 0.6 is 12.2 Å². The molecular weight excluding hydrogens is 509 g/mol. The van der Waals surface area contributed by atoms with Crippen molar-refractivity contribution in [2.45, 2.75) is 39.0 Å². The van der Waals surface area contributed by atoms with Gasteiger partial charge in [-0.2, -0.15) is 13.2 Å². The molecule has 2 atom stereocenters. The molecule has 2 aromatic carbocycles. The molecule has 1 aliphatic heterocycles. The SMILES string of the molecule is CCOc1ccc(N2C(=S)NC(c3ccccn3)C2c2cc(C)n(-c3ccccc3C(F)(F)F)c2C)cc1. The van der Waals surface area contributed by atoms with Crippen molar-refractivity contribution >= 4 is 23.0 Å². The van der Waals surface area contributed by atoms with Gasteiger partial charge in [0.2, 0.25) is 0 Å². The normalized spacial score (nSPS) is 17.5. The summed E-state index contributed by atoms with van der Waals surface area (Å²) in [6, 6.07) is 20.2. The molecule has 1 saturated heterocycles. The maximum Gasteiger partial charge on any atom is 0.418 e. The zero-order chi connectivity index (χ0) is 27.0. The summed E-state index contributed by atoms with van der Waals surface area (Å²) in [5.74, 6) is 0.745. The van der Waals surface area contributed by atoms with Crippen LogP contribution in [0.2, 0.25) is 0 Å². The van der Waals surface area contributed by atoms with Crippen molar-refractivity contribution in [3.05, 3.63) is 107 Å². The summed E-state index contributed by atoms with van der Waals surface area (Å²) < 4.78 is 49.1. The van der Waals surface area contributed by atoms with Gasteiger partial charge < -0.3 is 19.5 Å².